The van der Waals surface area contributed by atoms with Gasteiger partial charge in [0.05, 0.1) is 6.61 Å². The van der Waals surface area contributed by atoms with Gasteiger partial charge in [0.2, 0.25) is 0 Å². The van der Waals surface area contributed by atoms with Crippen LogP contribution in [0.15, 0.2) is 0 Å². The Morgan fingerprint density at radius 2 is 1.83 bits per heavy atom. The molecule has 0 atom stereocenters. The largest absolute Gasteiger partial charge is 0.395 e. The van der Waals surface area contributed by atoms with Crippen LogP contribution in [0.4, 0.5) is 0 Å². The summed E-state index contributed by atoms with van der Waals surface area (Å²) in [4.78, 5) is 0. The first-order valence-electron chi connectivity index (χ1n) is 6.88. The smallest absolute Gasteiger partial charge is 0.282 e. The number of aliphatic hydroxyl groups excluding tert-OH is 1. The second-order valence-corrected chi connectivity index (χ2v) is 6.94. The van der Waals surface area contributed by atoms with Crippen LogP contribution >= 0.6 is 0 Å². The van der Waals surface area contributed by atoms with E-state index in [1.54, 1.807) is 7.05 Å². The summed E-state index contributed by atoms with van der Waals surface area (Å²) in [5.41, 5.74) is 0. The Labute approximate surface area is 111 Å². The van der Waals surface area contributed by atoms with Gasteiger partial charge in [-0.3, -0.25) is 0 Å². The average molecular weight is 278 g/mol. The van der Waals surface area contributed by atoms with Gasteiger partial charge in [0.1, 0.15) is 0 Å². The second-order valence-electron chi connectivity index (χ2n) is 4.96. The van der Waals surface area contributed by atoms with Crippen LogP contribution in [-0.2, 0) is 10.2 Å². The molecule has 108 valence electrons. The minimum absolute atomic E-state index is 0.0752. The van der Waals surface area contributed by atoms with Crippen LogP contribution in [0.1, 0.15) is 45.4 Å². The highest BCUT2D eigenvalue weighted by Gasteiger charge is 2.33. The summed E-state index contributed by atoms with van der Waals surface area (Å²) >= 11 is 0. The van der Waals surface area contributed by atoms with Crippen molar-refractivity contribution in [1.82, 2.24) is 8.61 Å². The highest BCUT2D eigenvalue weighted by molar-refractivity contribution is 7.86. The van der Waals surface area contributed by atoms with Crippen molar-refractivity contribution in [3.8, 4) is 0 Å². The third-order valence-corrected chi connectivity index (χ3v) is 5.61. The lowest BCUT2D eigenvalue weighted by molar-refractivity contribution is 0.217. The maximum absolute atomic E-state index is 12.5. The molecular weight excluding hydrogens is 252 g/mol. The third kappa shape index (κ3) is 3.91. The van der Waals surface area contributed by atoms with E-state index in [-0.39, 0.29) is 19.2 Å². The Hall–Kier alpha value is -0.170. The average Bonchev–Trinajstić information content (AvgIpc) is 2.85. The molecule has 0 heterocycles. The fourth-order valence-electron chi connectivity index (χ4n) is 2.45. The van der Waals surface area contributed by atoms with Gasteiger partial charge in [-0.1, -0.05) is 26.2 Å². The number of unbranched alkanes of at least 4 members (excludes halogenated alkanes) is 1. The first-order chi connectivity index (χ1) is 8.54. The molecule has 1 rings (SSSR count). The summed E-state index contributed by atoms with van der Waals surface area (Å²) in [7, 11) is -1.78. The Balaban J connectivity index is 2.75. The molecule has 0 aromatic heterocycles. The normalized spacial score (nSPS) is 18.1. The van der Waals surface area contributed by atoms with E-state index in [1.807, 2.05) is 6.92 Å². The number of aliphatic hydroxyl groups is 1. The fraction of sp³-hybridized carbons (Fsp3) is 1.00. The van der Waals surface area contributed by atoms with Gasteiger partial charge in [-0.05, 0) is 19.3 Å². The van der Waals surface area contributed by atoms with Crippen molar-refractivity contribution >= 4 is 10.2 Å². The van der Waals surface area contributed by atoms with Gasteiger partial charge in [-0.2, -0.15) is 17.0 Å². The van der Waals surface area contributed by atoms with E-state index in [0.29, 0.717) is 6.54 Å². The number of hydrogen-bond donors (Lipinski definition) is 1. The van der Waals surface area contributed by atoms with E-state index < -0.39 is 10.2 Å². The zero-order valence-electron chi connectivity index (χ0n) is 11.5. The molecular formula is C12H26N2O3S. The number of nitrogens with zero attached hydrogens (tertiary/aromatic N) is 2. The molecule has 0 bridgehead atoms. The molecule has 1 fully saturated rings. The van der Waals surface area contributed by atoms with Crippen LogP contribution in [-0.4, -0.2) is 54.9 Å². The van der Waals surface area contributed by atoms with E-state index in [4.69, 9.17) is 5.11 Å². The first-order valence-corrected chi connectivity index (χ1v) is 8.27. The molecule has 0 amide bonds. The summed E-state index contributed by atoms with van der Waals surface area (Å²) < 4.78 is 27.8. The van der Waals surface area contributed by atoms with E-state index in [0.717, 1.165) is 38.5 Å². The summed E-state index contributed by atoms with van der Waals surface area (Å²) in [5, 5.41) is 9.09. The predicted molar refractivity (Wildman–Crippen MR) is 72.5 cm³/mol. The fourth-order valence-corrected chi connectivity index (χ4v) is 4.07. The molecule has 6 heteroatoms. The van der Waals surface area contributed by atoms with Crippen molar-refractivity contribution in [2.45, 2.75) is 51.5 Å². The standard InChI is InChI=1S/C12H26N2O3S/c1-3-4-9-13(2)18(16,17)14(10-11-15)12-7-5-6-8-12/h12,15H,3-11H2,1-2H3. The maximum atomic E-state index is 12.5. The lowest BCUT2D eigenvalue weighted by atomic mass is 10.2. The zero-order chi connectivity index (χ0) is 13.6. The molecule has 1 N–H and O–H groups in total. The maximum Gasteiger partial charge on any atom is 0.282 e. The van der Waals surface area contributed by atoms with Crippen molar-refractivity contribution in [2.24, 2.45) is 0 Å². The van der Waals surface area contributed by atoms with Gasteiger partial charge in [-0.25, -0.2) is 0 Å². The Bertz CT molecular complexity index is 326. The minimum Gasteiger partial charge on any atom is -0.395 e. The number of rotatable bonds is 8. The van der Waals surface area contributed by atoms with Gasteiger partial charge < -0.3 is 5.11 Å². The van der Waals surface area contributed by atoms with E-state index >= 15 is 0 Å². The predicted octanol–water partition coefficient (Wildman–Crippen LogP) is 1.20. The van der Waals surface area contributed by atoms with Crippen LogP contribution in [0, 0.1) is 0 Å². The quantitative estimate of drug-likeness (QED) is 0.726. The molecule has 1 aliphatic carbocycles. The first kappa shape index (κ1) is 15.9. The minimum atomic E-state index is -3.41. The Morgan fingerprint density at radius 1 is 1.22 bits per heavy atom. The van der Waals surface area contributed by atoms with Crippen LogP contribution in [0.5, 0.6) is 0 Å². The molecule has 1 aliphatic rings. The zero-order valence-corrected chi connectivity index (χ0v) is 12.3. The van der Waals surface area contributed by atoms with Gasteiger partial charge in [-0.15, -0.1) is 0 Å². The van der Waals surface area contributed by atoms with Crippen molar-refractivity contribution in [2.75, 3.05) is 26.7 Å². The van der Waals surface area contributed by atoms with E-state index in [1.165, 1.54) is 8.61 Å². The van der Waals surface area contributed by atoms with Crippen LogP contribution < -0.4 is 0 Å². The van der Waals surface area contributed by atoms with Crippen LogP contribution in [0.2, 0.25) is 0 Å². The number of hydrogen-bond acceptors (Lipinski definition) is 3. The van der Waals surface area contributed by atoms with Crippen molar-refractivity contribution in [3.63, 3.8) is 0 Å². The van der Waals surface area contributed by atoms with E-state index in [9.17, 15) is 8.42 Å². The highest BCUT2D eigenvalue weighted by Crippen LogP contribution is 2.26. The molecule has 0 spiro atoms. The molecule has 0 aromatic rings. The Morgan fingerprint density at radius 3 is 2.33 bits per heavy atom. The topological polar surface area (TPSA) is 60.9 Å². The third-order valence-electron chi connectivity index (χ3n) is 3.57. The van der Waals surface area contributed by atoms with Crippen molar-refractivity contribution in [3.05, 3.63) is 0 Å². The monoisotopic (exact) mass is 278 g/mol. The lowest BCUT2D eigenvalue weighted by Crippen LogP contribution is -2.47. The van der Waals surface area contributed by atoms with Crippen LogP contribution in [0.25, 0.3) is 0 Å². The molecule has 18 heavy (non-hydrogen) atoms. The lowest BCUT2D eigenvalue weighted by Gasteiger charge is -2.31. The van der Waals surface area contributed by atoms with Gasteiger partial charge >= 0.3 is 0 Å². The Kier molecular flexibility index (Phi) is 6.55. The van der Waals surface area contributed by atoms with Gasteiger partial charge in [0.15, 0.2) is 0 Å². The highest BCUT2D eigenvalue weighted by atomic mass is 32.2. The molecule has 1 saturated carbocycles. The van der Waals surface area contributed by atoms with Crippen molar-refractivity contribution in [1.29, 1.82) is 0 Å². The van der Waals surface area contributed by atoms with Gasteiger partial charge in [0, 0.05) is 26.2 Å². The molecule has 5 nitrogen and oxygen atoms in total. The van der Waals surface area contributed by atoms with Crippen molar-refractivity contribution < 1.29 is 13.5 Å². The summed E-state index contributed by atoms with van der Waals surface area (Å²) in [6, 6.07) is 0.0752. The molecule has 0 aromatic carbocycles. The molecule has 0 saturated heterocycles. The molecule has 0 radical (unpaired) electrons. The van der Waals surface area contributed by atoms with Crippen LogP contribution in [0.3, 0.4) is 0 Å². The van der Waals surface area contributed by atoms with Gasteiger partial charge in [0.25, 0.3) is 10.2 Å². The SMILES string of the molecule is CCCCN(C)S(=O)(=O)N(CCO)C1CCCC1. The summed E-state index contributed by atoms with van der Waals surface area (Å²) in [6.07, 6.45) is 5.85. The molecule has 0 unspecified atom stereocenters. The van der Waals surface area contributed by atoms with E-state index in [2.05, 4.69) is 0 Å². The summed E-state index contributed by atoms with van der Waals surface area (Å²) in [5.74, 6) is 0. The summed E-state index contributed by atoms with van der Waals surface area (Å²) in [6.45, 7) is 2.69. The second kappa shape index (κ2) is 7.43. The molecule has 0 aliphatic heterocycles.